The van der Waals surface area contributed by atoms with Crippen LogP contribution in [-0.4, -0.2) is 35.5 Å². The Morgan fingerprint density at radius 2 is 1.73 bits per heavy atom. The molecule has 1 unspecified atom stereocenters. The Morgan fingerprint density at radius 1 is 1.12 bits per heavy atom. The summed E-state index contributed by atoms with van der Waals surface area (Å²) in [6.45, 7) is 1.94. The van der Waals surface area contributed by atoms with Gasteiger partial charge in [-0.25, -0.2) is 9.18 Å². The normalized spacial score (nSPS) is 11.7. The third kappa shape index (κ3) is 5.31. The highest BCUT2D eigenvalue weighted by atomic mass is 19.1. The Labute approximate surface area is 152 Å². The predicted octanol–water partition coefficient (Wildman–Crippen LogP) is 3.44. The monoisotopic (exact) mass is 359 g/mol. The van der Waals surface area contributed by atoms with Gasteiger partial charge in [-0.1, -0.05) is 31.2 Å². The summed E-state index contributed by atoms with van der Waals surface area (Å²) < 4.78 is 18.2. The number of nitrogens with zero attached hydrogens (tertiary/aromatic N) is 1. The van der Waals surface area contributed by atoms with E-state index >= 15 is 0 Å². The van der Waals surface area contributed by atoms with E-state index in [1.54, 1.807) is 48.3 Å². The molecule has 0 saturated heterocycles. The summed E-state index contributed by atoms with van der Waals surface area (Å²) in [6, 6.07) is 12.9. The molecule has 1 atom stereocenters. The number of carboxylic acid groups (broad SMARTS) is 1. The van der Waals surface area contributed by atoms with Crippen molar-refractivity contribution in [3.8, 4) is 5.75 Å². The van der Waals surface area contributed by atoms with E-state index < -0.39 is 12.6 Å². The zero-order valence-electron chi connectivity index (χ0n) is 14.8. The third-order valence-electron chi connectivity index (χ3n) is 4.06. The van der Waals surface area contributed by atoms with Gasteiger partial charge in [-0.15, -0.1) is 0 Å². The SMILES string of the molecule is CCC(C(=O)N(C)Cc1ccc(OCC(=O)O)cc1)c1ccc(F)cc1. The van der Waals surface area contributed by atoms with Gasteiger partial charge in [0.15, 0.2) is 6.61 Å². The number of hydrogen-bond acceptors (Lipinski definition) is 3. The maximum atomic E-state index is 13.1. The van der Waals surface area contributed by atoms with E-state index in [-0.39, 0.29) is 17.6 Å². The van der Waals surface area contributed by atoms with Crippen molar-refractivity contribution in [2.24, 2.45) is 0 Å². The third-order valence-corrected chi connectivity index (χ3v) is 4.06. The highest BCUT2D eigenvalue weighted by molar-refractivity contribution is 5.83. The first-order valence-corrected chi connectivity index (χ1v) is 8.34. The average Bonchev–Trinajstić information content (AvgIpc) is 2.63. The number of carbonyl (C=O) groups excluding carboxylic acids is 1. The molecule has 2 aromatic rings. The molecule has 2 rings (SSSR count). The van der Waals surface area contributed by atoms with Crippen LogP contribution in [0.3, 0.4) is 0 Å². The molecule has 1 amide bonds. The van der Waals surface area contributed by atoms with Gasteiger partial charge < -0.3 is 14.7 Å². The lowest BCUT2D eigenvalue weighted by Crippen LogP contribution is -2.31. The molecule has 1 N–H and O–H groups in total. The van der Waals surface area contributed by atoms with Gasteiger partial charge in [0.25, 0.3) is 0 Å². The Morgan fingerprint density at radius 3 is 2.27 bits per heavy atom. The summed E-state index contributed by atoms with van der Waals surface area (Å²) >= 11 is 0. The number of likely N-dealkylation sites (N-methyl/N-ethyl adjacent to an activating group) is 1. The Balaban J connectivity index is 2.00. The zero-order chi connectivity index (χ0) is 19.1. The lowest BCUT2D eigenvalue weighted by molar-refractivity contribution is -0.139. The van der Waals surface area contributed by atoms with Gasteiger partial charge >= 0.3 is 5.97 Å². The molecule has 0 heterocycles. The van der Waals surface area contributed by atoms with E-state index in [2.05, 4.69) is 0 Å². The Hall–Kier alpha value is -2.89. The van der Waals surface area contributed by atoms with Crippen LogP contribution in [0.2, 0.25) is 0 Å². The minimum atomic E-state index is -1.04. The molecule has 0 aliphatic rings. The molecular formula is C20H22FNO4. The lowest BCUT2D eigenvalue weighted by atomic mass is 9.95. The summed E-state index contributed by atoms with van der Waals surface area (Å²) in [6.07, 6.45) is 0.622. The second kappa shape index (κ2) is 8.99. The van der Waals surface area contributed by atoms with Crippen LogP contribution in [0.1, 0.15) is 30.4 Å². The average molecular weight is 359 g/mol. The van der Waals surface area contributed by atoms with Gasteiger partial charge in [0, 0.05) is 13.6 Å². The van der Waals surface area contributed by atoms with Gasteiger partial charge in [0.05, 0.1) is 5.92 Å². The van der Waals surface area contributed by atoms with Crippen molar-refractivity contribution >= 4 is 11.9 Å². The molecule has 0 radical (unpaired) electrons. The molecule has 0 fully saturated rings. The minimum absolute atomic E-state index is 0.0367. The van der Waals surface area contributed by atoms with Crippen LogP contribution < -0.4 is 4.74 Å². The quantitative estimate of drug-likeness (QED) is 0.784. The topological polar surface area (TPSA) is 66.8 Å². The van der Waals surface area contributed by atoms with Crippen molar-refractivity contribution in [2.45, 2.75) is 25.8 Å². The fraction of sp³-hybridized carbons (Fsp3) is 0.300. The van der Waals surface area contributed by atoms with Crippen LogP contribution in [0.25, 0.3) is 0 Å². The number of carboxylic acids is 1. The van der Waals surface area contributed by atoms with E-state index in [0.717, 1.165) is 11.1 Å². The molecule has 0 saturated carbocycles. The number of aliphatic carboxylic acids is 1. The maximum absolute atomic E-state index is 13.1. The lowest BCUT2D eigenvalue weighted by Gasteiger charge is -2.23. The van der Waals surface area contributed by atoms with Crippen LogP contribution >= 0.6 is 0 Å². The Bertz CT molecular complexity index is 743. The summed E-state index contributed by atoms with van der Waals surface area (Å²) in [5.74, 6) is -1.26. The summed E-state index contributed by atoms with van der Waals surface area (Å²) in [5.41, 5.74) is 1.70. The maximum Gasteiger partial charge on any atom is 0.341 e. The number of amides is 1. The molecule has 0 bridgehead atoms. The van der Waals surface area contributed by atoms with Crippen LogP contribution in [0, 0.1) is 5.82 Å². The Kier molecular flexibility index (Phi) is 6.72. The first kappa shape index (κ1) is 19.4. The fourth-order valence-electron chi connectivity index (χ4n) is 2.70. The zero-order valence-corrected chi connectivity index (χ0v) is 14.8. The molecule has 26 heavy (non-hydrogen) atoms. The standard InChI is InChI=1S/C20H22FNO4/c1-3-18(15-6-8-16(21)9-7-15)20(25)22(2)12-14-4-10-17(11-5-14)26-13-19(23)24/h4-11,18H,3,12-13H2,1-2H3,(H,23,24). The second-order valence-electron chi connectivity index (χ2n) is 6.03. The van der Waals surface area contributed by atoms with E-state index in [1.165, 1.54) is 12.1 Å². The highest BCUT2D eigenvalue weighted by Crippen LogP contribution is 2.23. The van der Waals surface area contributed by atoms with Gasteiger partial charge in [-0.2, -0.15) is 0 Å². The molecule has 0 spiro atoms. The summed E-state index contributed by atoms with van der Waals surface area (Å²) in [5, 5.41) is 8.60. The van der Waals surface area contributed by atoms with Crippen molar-refractivity contribution in [2.75, 3.05) is 13.7 Å². The molecule has 0 aliphatic heterocycles. The van der Waals surface area contributed by atoms with Gasteiger partial charge in [-0.05, 0) is 41.8 Å². The van der Waals surface area contributed by atoms with Crippen molar-refractivity contribution < 1.29 is 23.8 Å². The van der Waals surface area contributed by atoms with E-state index in [4.69, 9.17) is 9.84 Å². The van der Waals surface area contributed by atoms with Crippen LogP contribution in [0.4, 0.5) is 4.39 Å². The number of ether oxygens (including phenoxy) is 1. The van der Waals surface area contributed by atoms with Crippen LogP contribution in [0.15, 0.2) is 48.5 Å². The van der Waals surface area contributed by atoms with E-state index in [9.17, 15) is 14.0 Å². The summed E-state index contributed by atoms with van der Waals surface area (Å²) in [7, 11) is 1.73. The number of halogens is 1. The van der Waals surface area contributed by atoms with Gasteiger partial charge in [0.1, 0.15) is 11.6 Å². The van der Waals surface area contributed by atoms with E-state index in [0.29, 0.717) is 18.7 Å². The fourth-order valence-corrected chi connectivity index (χ4v) is 2.70. The smallest absolute Gasteiger partial charge is 0.341 e. The first-order chi connectivity index (χ1) is 12.4. The second-order valence-corrected chi connectivity index (χ2v) is 6.03. The van der Waals surface area contributed by atoms with Crippen molar-refractivity contribution in [1.82, 2.24) is 4.90 Å². The molecule has 2 aromatic carbocycles. The molecule has 138 valence electrons. The largest absolute Gasteiger partial charge is 0.482 e. The number of hydrogen-bond donors (Lipinski definition) is 1. The van der Waals surface area contributed by atoms with Crippen LogP contribution in [-0.2, 0) is 16.1 Å². The summed E-state index contributed by atoms with van der Waals surface area (Å²) in [4.78, 5) is 24.9. The van der Waals surface area contributed by atoms with Gasteiger partial charge in [-0.3, -0.25) is 4.79 Å². The van der Waals surface area contributed by atoms with Crippen molar-refractivity contribution in [1.29, 1.82) is 0 Å². The molecular weight excluding hydrogens is 337 g/mol. The molecule has 6 heteroatoms. The molecule has 0 aliphatic carbocycles. The van der Waals surface area contributed by atoms with Crippen LogP contribution in [0.5, 0.6) is 5.75 Å². The minimum Gasteiger partial charge on any atom is -0.482 e. The number of rotatable bonds is 8. The predicted molar refractivity (Wildman–Crippen MR) is 95.5 cm³/mol. The highest BCUT2D eigenvalue weighted by Gasteiger charge is 2.22. The molecule has 5 nitrogen and oxygen atoms in total. The number of carbonyl (C=O) groups is 2. The molecule has 0 aromatic heterocycles. The number of benzene rings is 2. The van der Waals surface area contributed by atoms with Crippen molar-refractivity contribution in [3.05, 3.63) is 65.5 Å². The van der Waals surface area contributed by atoms with Gasteiger partial charge in [0.2, 0.25) is 5.91 Å². The van der Waals surface area contributed by atoms with E-state index in [1.807, 2.05) is 6.92 Å². The van der Waals surface area contributed by atoms with Crippen molar-refractivity contribution in [3.63, 3.8) is 0 Å². The first-order valence-electron chi connectivity index (χ1n) is 8.34.